The van der Waals surface area contributed by atoms with Crippen molar-refractivity contribution in [1.82, 2.24) is 0 Å². The highest BCUT2D eigenvalue weighted by Crippen LogP contribution is 2.25. The molecule has 1 aromatic rings. The van der Waals surface area contributed by atoms with Crippen LogP contribution in [0.3, 0.4) is 0 Å². The lowest BCUT2D eigenvalue weighted by atomic mass is 10.0. The Hall–Kier alpha value is -1.01. The van der Waals surface area contributed by atoms with Gasteiger partial charge in [0.05, 0.1) is 0 Å². The summed E-state index contributed by atoms with van der Waals surface area (Å²) in [4.78, 5) is -0.627. The van der Waals surface area contributed by atoms with Crippen LogP contribution in [0, 0.1) is 11.6 Å². The van der Waals surface area contributed by atoms with Crippen LogP contribution in [-0.2, 0) is 9.84 Å². The van der Waals surface area contributed by atoms with E-state index in [4.69, 9.17) is 5.73 Å². The van der Waals surface area contributed by atoms with Gasteiger partial charge in [-0.3, -0.25) is 0 Å². The Balaban J connectivity index is 3.41. The molecular weight excluding hydrogens is 236 g/mol. The van der Waals surface area contributed by atoms with E-state index >= 15 is 0 Å². The van der Waals surface area contributed by atoms with Gasteiger partial charge in [-0.05, 0) is 24.1 Å². The maximum Gasteiger partial charge on any atom is 0.178 e. The van der Waals surface area contributed by atoms with Gasteiger partial charge < -0.3 is 5.73 Å². The number of nitrogens with two attached hydrogens (primary N) is 1. The Kier molecular flexibility index (Phi) is 3.64. The average molecular weight is 249 g/mol. The van der Waals surface area contributed by atoms with Crippen molar-refractivity contribution in [2.24, 2.45) is 5.73 Å². The molecule has 16 heavy (non-hydrogen) atoms. The summed E-state index contributed by atoms with van der Waals surface area (Å²) in [5, 5.41) is 0. The quantitative estimate of drug-likeness (QED) is 0.881. The Morgan fingerprint density at radius 1 is 1.31 bits per heavy atom. The van der Waals surface area contributed by atoms with Gasteiger partial charge in [-0.1, -0.05) is 13.0 Å². The number of sulfone groups is 1. The summed E-state index contributed by atoms with van der Waals surface area (Å²) in [6, 6.07) is 2.32. The molecule has 6 heteroatoms. The molecule has 0 saturated heterocycles. The summed E-state index contributed by atoms with van der Waals surface area (Å²) < 4.78 is 49.2. The second-order valence-corrected chi connectivity index (χ2v) is 5.67. The van der Waals surface area contributed by atoms with Crippen molar-refractivity contribution in [3.63, 3.8) is 0 Å². The highest BCUT2D eigenvalue weighted by Gasteiger charge is 2.21. The van der Waals surface area contributed by atoms with E-state index in [1.54, 1.807) is 6.92 Å². The average Bonchev–Trinajstić information content (AvgIpc) is 2.19. The largest absolute Gasteiger partial charge is 0.330 e. The van der Waals surface area contributed by atoms with Crippen molar-refractivity contribution in [1.29, 1.82) is 0 Å². The van der Waals surface area contributed by atoms with Crippen LogP contribution in [0.2, 0.25) is 0 Å². The summed E-state index contributed by atoms with van der Waals surface area (Å²) in [6.45, 7) is 1.80. The van der Waals surface area contributed by atoms with Gasteiger partial charge in [0, 0.05) is 6.26 Å². The highest BCUT2D eigenvalue weighted by molar-refractivity contribution is 7.90. The fourth-order valence-electron chi connectivity index (χ4n) is 1.34. The molecule has 0 amide bonds. The fraction of sp³-hybridized carbons (Fsp3) is 0.400. The van der Waals surface area contributed by atoms with E-state index < -0.39 is 26.4 Å². The molecule has 0 aliphatic rings. The van der Waals surface area contributed by atoms with Gasteiger partial charge >= 0.3 is 0 Å². The standard InChI is InChI=1S/C10H13F2NO2S/c1-6(5-13)7-3-4-8(16(2,14)15)10(12)9(7)11/h3-4,6H,5,13H2,1-2H3. The summed E-state index contributed by atoms with van der Waals surface area (Å²) in [6.07, 6.45) is 0.830. The second-order valence-electron chi connectivity index (χ2n) is 3.69. The van der Waals surface area contributed by atoms with Gasteiger partial charge in [-0.25, -0.2) is 17.2 Å². The van der Waals surface area contributed by atoms with Crippen LogP contribution in [-0.4, -0.2) is 21.2 Å². The number of hydrogen-bond acceptors (Lipinski definition) is 3. The van der Waals surface area contributed by atoms with Crippen molar-refractivity contribution < 1.29 is 17.2 Å². The SMILES string of the molecule is CC(CN)c1ccc(S(C)(=O)=O)c(F)c1F. The summed E-state index contributed by atoms with van der Waals surface area (Å²) in [5.41, 5.74) is 5.43. The van der Waals surface area contributed by atoms with Crippen LogP contribution in [0.25, 0.3) is 0 Å². The Labute approximate surface area is 93.2 Å². The van der Waals surface area contributed by atoms with Crippen LogP contribution in [0.15, 0.2) is 17.0 Å². The molecule has 1 unspecified atom stereocenters. The molecule has 1 atom stereocenters. The molecule has 1 aromatic carbocycles. The van der Waals surface area contributed by atoms with Crippen LogP contribution in [0.4, 0.5) is 8.78 Å². The number of rotatable bonds is 3. The molecule has 1 rings (SSSR count). The zero-order chi connectivity index (χ0) is 12.5. The summed E-state index contributed by atoms with van der Waals surface area (Å²) in [7, 11) is -3.75. The third-order valence-corrected chi connectivity index (χ3v) is 3.47. The van der Waals surface area contributed by atoms with Gasteiger partial charge in [0.15, 0.2) is 21.5 Å². The zero-order valence-electron chi connectivity index (χ0n) is 9.00. The molecule has 0 fully saturated rings. The predicted molar refractivity (Wildman–Crippen MR) is 56.9 cm³/mol. The first-order valence-electron chi connectivity index (χ1n) is 4.67. The fourth-order valence-corrected chi connectivity index (χ4v) is 2.07. The smallest absolute Gasteiger partial charge is 0.178 e. The van der Waals surface area contributed by atoms with Crippen molar-refractivity contribution >= 4 is 9.84 Å². The molecule has 0 bridgehead atoms. The van der Waals surface area contributed by atoms with Crippen LogP contribution in [0.1, 0.15) is 18.4 Å². The van der Waals surface area contributed by atoms with Gasteiger partial charge in [0.2, 0.25) is 0 Å². The Morgan fingerprint density at radius 3 is 2.31 bits per heavy atom. The first-order chi connectivity index (χ1) is 7.29. The Bertz CT molecular complexity index is 500. The number of halogens is 2. The van der Waals surface area contributed by atoms with Crippen molar-refractivity contribution in [2.75, 3.05) is 12.8 Å². The third-order valence-electron chi connectivity index (χ3n) is 2.36. The van der Waals surface area contributed by atoms with Crippen LogP contribution < -0.4 is 5.73 Å². The third kappa shape index (κ3) is 2.38. The molecule has 3 nitrogen and oxygen atoms in total. The first-order valence-corrected chi connectivity index (χ1v) is 6.56. The molecular formula is C10H13F2NO2S. The minimum atomic E-state index is -3.75. The lowest BCUT2D eigenvalue weighted by Crippen LogP contribution is -2.13. The van der Waals surface area contributed by atoms with E-state index in [1.807, 2.05) is 0 Å². The summed E-state index contributed by atoms with van der Waals surface area (Å²) in [5.74, 6) is -2.83. The zero-order valence-corrected chi connectivity index (χ0v) is 9.81. The minimum Gasteiger partial charge on any atom is -0.330 e. The van der Waals surface area contributed by atoms with Crippen LogP contribution in [0.5, 0.6) is 0 Å². The van der Waals surface area contributed by atoms with E-state index in [2.05, 4.69) is 0 Å². The molecule has 0 spiro atoms. The molecule has 0 heterocycles. The monoisotopic (exact) mass is 249 g/mol. The number of benzene rings is 1. The molecule has 0 aliphatic heterocycles. The molecule has 0 aliphatic carbocycles. The molecule has 2 N–H and O–H groups in total. The van der Waals surface area contributed by atoms with E-state index in [9.17, 15) is 17.2 Å². The number of hydrogen-bond donors (Lipinski definition) is 1. The second kappa shape index (κ2) is 4.47. The van der Waals surface area contributed by atoms with Crippen molar-refractivity contribution in [3.8, 4) is 0 Å². The van der Waals surface area contributed by atoms with E-state index in [1.165, 1.54) is 6.07 Å². The maximum absolute atomic E-state index is 13.5. The topological polar surface area (TPSA) is 60.2 Å². The van der Waals surface area contributed by atoms with Gasteiger partial charge in [0.25, 0.3) is 0 Å². The van der Waals surface area contributed by atoms with Crippen molar-refractivity contribution in [3.05, 3.63) is 29.3 Å². The molecule has 90 valence electrons. The lowest BCUT2D eigenvalue weighted by Gasteiger charge is -2.12. The first kappa shape index (κ1) is 13.1. The Morgan fingerprint density at radius 2 is 1.88 bits per heavy atom. The molecule has 0 aromatic heterocycles. The van der Waals surface area contributed by atoms with E-state index in [0.29, 0.717) is 0 Å². The minimum absolute atomic E-state index is 0.0902. The van der Waals surface area contributed by atoms with Crippen LogP contribution >= 0.6 is 0 Å². The highest BCUT2D eigenvalue weighted by atomic mass is 32.2. The molecule has 0 radical (unpaired) electrons. The van der Waals surface area contributed by atoms with E-state index in [0.717, 1.165) is 12.3 Å². The van der Waals surface area contributed by atoms with E-state index in [-0.39, 0.29) is 18.0 Å². The summed E-state index contributed by atoms with van der Waals surface area (Å²) >= 11 is 0. The van der Waals surface area contributed by atoms with Gasteiger partial charge in [-0.15, -0.1) is 0 Å². The van der Waals surface area contributed by atoms with Gasteiger partial charge in [0.1, 0.15) is 4.90 Å². The maximum atomic E-state index is 13.5. The predicted octanol–water partition coefficient (Wildman–Crippen LogP) is 1.43. The normalized spacial score (nSPS) is 13.8. The molecule has 0 saturated carbocycles. The van der Waals surface area contributed by atoms with Gasteiger partial charge in [-0.2, -0.15) is 0 Å². The van der Waals surface area contributed by atoms with Crippen molar-refractivity contribution in [2.45, 2.75) is 17.7 Å². The lowest BCUT2D eigenvalue weighted by molar-refractivity contribution is 0.471.